The van der Waals surface area contributed by atoms with Gasteiger partial charge in [-0.05, 0) is 48.0 Å². The van der Waals surface area contributed by atoms with Gasteiger partial charge in [0.25, 0.3) is 11.8 Å². The van der Waals surface area contributed by atoms with Crippen LogP contribution in [0, 0.1) is 0 Å². The predicted octanol–water partition coefficient (Wildman–Crippen LogP) is 4.03. The van der Waals surface area contributed by atoms with E-state index < -0.39 is 35.2 Å². The minimum absolute atomic E-state index is 0.00581. The zero-order valence-electron chi connectivity index (χ0n) is 13.4. The van der Waals surface area contributed by atoms with Gasteiger partial charge in [-0.25, -0.2) is 9.69 Å². The molecule has 1 heterocycles. The lowest BCUT2D eigenvalue weighted by Gasteiger charge is -2.26. The number of nitrogens with zero attached hydrogens (tertiary/aromatic N) is 1. The molecule has 0 aliphatic carbocycles. The van der Waals surface area contributed by atoms with Crippen LogP contribution in [0.25, 0.3) is 6.08 Å². The summed E-state index contributed by atoms with van der Waals surface area (Å²) in [5.41, 5.74) is -1.24. The summed E-state index contributed by atoms with van der Waals surface area (Å²) in [6.07, 6.45) is -3.57. The molecule has 0 atom stereocenters. The maximum atomic E-state index is 12.8. The largest absolute Gasteiger partial charge is 0.416 e. The SMILES string of the molecule is O=C1NC(=O)N(c2ccc(Cl)cc2)C(=O)C1=Cc1cccc(C(F)(F)F)c1. The van der Waals surface area contributed by atoms with Crippen LogP contribution in [0.5, 0.6) is 0 Å². The standard InChI is InChI=1S/C18H10ClF3N2O3/c19-12-4-6-13(7-5-12)24-16(26)14(15(25)23-17(24)27)9-10-2-1-3-11(8-10)18(20,21)22/h1-9H,(H,23,25,27). The molecule has 2 aromatic carbocycles. The third-order valence-corrected chi connectivity index (χ3v) is 3.96. The molecule has 1 aliphatic heterocycles. The molecule has 9 heteroatoms. The molecule has 0 saturated carbocycles. The lowest BCUT2D eigenvalue weighted by molar-refractivity contribution is -0.137. The van der Waals surface area contributed by atoms with Gasteiger partial charge in [0.05, 0.1) is 11.3 Å². The number of alkyl halides is 3. The normalized spacial score (nSPS) is 16.7. The highest BCUT2D eigenvalue weighted by atomic mass is 35.5. The molecule has 5 nitrogen and oxygen atoms in total. The van der Waals surface area contributed by atoms with Crippen molar-refractivity contribution in [1.29, 1.82) is 0 Å². The van der Waals surface area contributed by atoms with Crippen molar-refractivity contribution in [3.05, 3.63) is 70.3 Å². The van der Waals surface area contributed by atoms with Crippen LogP contribution >= 0.6 is 11.6 Å². The van der Waals surface area contributed by atoms with Crippen molar-refractivity contribution in [1.82, 2.24) is 5.32 Å². The molecule has 138 valence electrons. The van der Waals surface area contributed by atoms with Gasteiger partial charge >= 0.3 is 12.2 Å². The summed E-state index contributed by atoms with van der Waals surface area (Å²) in [7, 11) is 0. The van der Waals surface area contributed by atoms with Gasteiger partial charge in [0.1, 0.15) is 5.57 Å². The summed E-state index contributed by atoms with van der Waals surface area (Å²) in [4.78, 5) is 37.4. The fourth-order valence-electron chi connectivity index (χ4n) is 2.45. The van der Waals surface area contributed by atoms with Crippen molar-refractivity contribution in [2.24, 2.45) is 0 Å². The Balaban J connectivity index is 2.01. The Hall–Kier alpha value is -3.13. The van der Waals surface area contributed by atoms with Crippen LogP contribution in [0.4, 0.5) is 23.7 Å². The van der Waals surface area contributed by atoms with E-state index in [0.717, 1.165) is 24.3 Å². The van der Waals surface area contributed by atoms with Crippen LogP contribution in [0.1, 0.15) is 11.1 Å². The minimum atomic E-state index is -4.57. The highest BCUT2D eigenvalue weighted by molar-refractivity contribution is 6.39. The Bertz CT molecular complexity index is 969. The summed E-state index contributed by atoms with van der Waals surface area (Å²) >= 11 is 5.77. The van der Waals surface area contributed by atoms with E-state index in [2.05, 4.69) is 0 Å². The van der Waals surface area contributed by atoms with Crippen LogP contribution in [-0.2, 0) is 15.8 Å². The zero-order valence-corrected chi connectivity index (χ0v) is 14.1. The molecule has 0 bridgehead atoms. The maximum Gasteiger partial charge on any atom is 0.416 e. The monoisotopic (exact) mass is 394 g/mol. The number of hydrogen-bond donors (Lipinski definition) is 1. The minimum Gasteiger partial charge on any atom is -0.273 e. The average Bonchev–Trinajstić information content (AvgIpc) is 2.60. The van der Waals surface area contributed by atoms with E-state index in [4.69, 9.17) is 11.6 Å². The van der Waals surface area contributed by atoms with E-state index in [1.54, 1.807) is 0 Å². The number of rotatable bonds is 2. The first kappa shape index (κ1) is 18.7. The third-order valence-electron chi connectivity index (χ3n) is 3.71. The summed E-state index contributed by atoms with van der Waals surface area (Å²) in [6, 6.07) is 8.87. The molecule has 1 fully saturated rings. The lowest BCUT2D eigenvalue weighted by atomic mass is 10.0. The summed E-state index contributed by atoms with van der Waals surface area (Å²) < 4.78 is 38.5. The zero-order chi connectivity index (χ0) is 19.8. The third kappa shape index (κ3) is 3.85. The Morgan fingerprint density at radius 3 is 2.30 bits per heavy atom. The first-order valence-corrected chi connectivity index (χ1v) is 7.89. The van der Waals surface area contributed by atoms with Crippen molar-refractivity contribution >= 4 is 41.2 Å². The quantitative estimate of drug-likeness (QED) is 0.618. The van der Waals surface area contributed by atoms with Crippen LogP contribution in [0.3, 0.4) is 0 Å². The van der Waals surface area contributed by atoms with Gasteiger partial charge < -0.3 is 0 Å². The van der Waals surface area contributed by atoms with Gasteiger partial charge in [-0.3, -0.25) is 14.9 Å². The molecule has 0 unspecified atom stereocenters. The van der Waals surface area contributed by atoms with E-state index in [1.807, 2.05) is 5.32 Å². The average molecular weight is 395 g/mol. The van der Waals surface area contributed by atoms with Gasteiger partial charge in [-0.15, -0.1) is 0 Å². The van der Waals surface area contributed by atoms with Crippen molar-refractivity contribution in [3.8, 4) is 0 Å². The Labute approximate surface area is 156 Å². The van der Waals surface area contributed by atoms with Crippen LogP contribution in [0.2, 0.25) is 5.02 Å². The number of carbonyl (C=O) groups excluding carboxylic acids is 3. The van der Waals surface area contributed by atoms with Crippen molar-refractivity contribution < 1.29 is 27.6 Å². The number of imide groups is 2. The van der Waals surface area contributed by atoms with E-state index >= 15 is 0 Å². The second-order valence-electron chi connectivity index (χ2n) is 5.56. The molecule has 1 N–H and O–H groups in total. The van der Waals surface area contributed by atoms with Crippen molar-refractivity contribution in [2.45, 2.75) is 6.18 Å². The molecule has 4 amide bonds. The molecule has 0 radical (unpaired) electrons. The molecule has 2 aromatic rings. The molecule has 27 heavy (non-hydrogen) atoms. The highest BCUT2D eigenvalue weighted by Crippen LogP contribution is 2.30. The first-order chi connectivity index (χ1) is 12.7. The summed E-state index contributed by atoms with van der Waals surface area (Å²) in [6.45, 7) is 0. The fraction of sp³-hybridized carbons (Fsp3) is 0.0556. The van der Waals surface area contributed by atoms with Crippen LogP contribution in [-0.4, -0.2) is 17.8 Å². The Kier molecular flexibility index (Phi) is 4.75. The van der Waals surface area contributed by atoms with Gasteiger partial charge in [-0.2, -0.15) is 13.2 Å². The number of urea groups is 1. The molecule has 1 aliphatic rings. The second kappa shape index (κ2) is 6.88. The van der Waals surface area contributed by atoms with Crippen molar-refractivity contribution in [3.63, 3.8) is 0 Å². The summed E-state index contributed by atoms with van der Waals surface area (Å²) in [5, 5.41) is 2.37. The number of anilines is 1. The molecule has 3 rings (SSSR count). The molecular weight excluding hydrogens is 385 g/mol. The Morgan fingerprint density at radius 1 is 1.00 bits per heavy atom. The highest BCUT2D eigenvalue weighted by Gasteiger charge is 2.37. The topological polar surface area (TPSA) is 66.5 Å². The van der Waals surface area contributed by atoms with Crippen molar-refractivity contribution in [2.75, 3.05) is 4.90 Å². The van der Waals surface area contributed by atoms with E-state index in [0.29, 0.717) is 9.92 Å². The molecule has 0 spiro atoms. The molecule has 0 aromatic heterocycles. The Morgan fingerprint density at radius 2 is 1.67 bits per heavy atom. The van der Waals surface area contributed by atoms with Crippen LogP contribution < -0.4 is 10.2 Å². The lowest BCUT2D eigenvalue weighted by Crippen LogP contribution is -2.54. The van der Waals surface area contributed by atoms with E-state index in [-0.39, 0.29) is 11.3 Å². The number of amides is 4. The number of nitrogens with one attached hydrogen (secondary N) is 1. The number of benzene rings is 2. The smallest absolute Gasteiger partial charge is 0.273 e. The number of halogens is 4. The van der Waals surface area contributed by atoms with Gasteiger partial charge in [-0.1, -0.05) is 23.7 Å². The maximum absolute atomic E-state index is 12.8. The van der Waals surface area contributed by atoms with E-state index in [9.17, 15) is 27.6 Å². The molecular formula is C18H10ClF3N2O3. The predicted molar refractivity (Wildman–Crippen MR) is 91.9 cm³/mol. The second-order valence-corrected chi connectivity index (χ2v) is 5.99. The molecule has 1 saturated heterocycles. The fourth-order valence-corrected chi connectivity index (χ4v) is 2.58. The van der Waals surface area contributed by atoms with Gasteiger partial charge in [0, 0.05) is 5.02 Å². The van der Waals surface area contributed by atoms with Gasteiger partial charge in [0.2, 0.25) is 0 Å². The number of barbiturate groups is 1. The van der Waals surface area contributed by atoms with Gasteiger partial charge in [0.15, 0.2) is 0 Å². The number of carbonyl (C=O) groups is 3. The first-order valence-electron chi connectivity index (χ1n) is 7.51. The number of hydrogen-bond acceptors (Lipinski definition) is 3. The van der Waals surface area contributed by atoms with E-state index in [1.165, 1.54) is 30.3 Å². The van der Waals surface area contributed by atoms with Crippen LogP contribution in [0.15, 0.2) is 54.1 Å². The summed E-state index contributed by atoms with van der Waals surface area (Å²) in [5.74, 6) is -1.95.